The Bertz CT molecular complexity index is 1040. The van der Waals surface area contributed by atoms with Crippen LogP contribution < -0.4 is 25.0 Å². The van der Waals surface area contributed by atoms with Crippen LogP contribution in [-0.4, -0.2) is 67.2 Å². The Hall–Kier alpha value is -3.86. The van der Waals surface area contributed by atoms with Crippen molar-refractivity contribution in [2.45, 2.75) is 13.0 Å². The van der Waals surface area contributed by atoms with Gasteiger partial charge in [0.25, 0.3) is 5.69 Å². The number of amides is 3. The molecule has 11 nitrogen and oxygen atoms in total. The Kier molecular flexibility index (Phi) is 6.59. The lowest BCUT2D eigenvalue weighted by Crippen LogP contribution is -2.55. The van der Waals surface area contributed by atoms with Crippen LogP contribution in [0.1, 0.15) is 6.92 Å². The van der Waals surface area contributed by atoms with Crippen LogP contribution in [-0.2, 0) is 4.79 Å². The molecule has 174 valence electrons. The number of urea groups is 1. The highest BCUT2D eigenvalue weighted by atomic mass is 16.6. The summed E-state index contributed by atoms with van der Waals surface area (Å²) in [6.07, 6.45) is 0. The fourth-order valence-electron chi connectivity index (χ4n) is 3.82. The van der Waals surface area contributed by atoms with E-state index in [0.29, 0.717) is 56.6 Å². The number of nitro groups is 1. The normalized spacial score (nSPS) is 16.6. The average Bonchev–Trinajstić information content (AvgIpc) is 2.83. The summed E-state index contributed by atoms with van der Waals surface area (Å²) >= 11 is 0. The number of hydrogen-bond donors (Lipinski definition) is 2. The van der Waals surface area contributed by atoms with E-state index in [-0.39, 0.29) is 5.69 Å². The van der Waals surface area contributed by atoms with Crippen molar-refractivity contribution in [2.24, 2.45) is 0 Å². The number of piperazine rings is 1. The summed E-state index contributed by atoms with van der Waals surface area (Å²) < 4.78 is 11.0. The van der Waals surface area contributed by atoms with Gasteiger partial charge in [-0.1, -0.05) is 0 Å². The number of non-ortho nitro benzene ring substituents is 1. The molecule has 0 radical (unpaired) electrons. The van der Waals surface area contributed by atoms with Gasteiger partial charge in [-0.05, 0) is 31.2 Å². The van der Waals surface area contributed by atoms with E-state index in [0.717, 1.165) is 5.69 Å². The van der Waals surface area contributed by atoms with Crippen molar-refractivity contribution in [3.8, 4) is 11.5 Å². The number of nitro benzene ring substituents is 1. The molecule has 4 rings (SSSR count). The van der Waals surface area contributed by atoms with Crippen LogP contribution in [0.3, 0.4) is 0 Å². The maximum atomic E-state index is 12.6. The van der Waals surface area contributed by atoms with Gasteiger partial charge in [0, 0.05) is 55.8 Å². The number of rotatable bonds is 5. The molecule has 0 spiro atoms. The van der Waals surface area contributed by atoms with E-state index in [4.69, 9.17) is 9.47 Å². The summed E-state index contributed by atoms with van der Waals surface area (Å²) in [6.45, 7) is 5.25. The summed E-state index contributed by atoms with van der Waals surface area (Å²) in [6, 6.07) is 10.4. The highest BCUT2D eigenvalue weighted by Crippen LogP contribution is 2.32. The standard InChI is InChI=1S/C22H25N5O6/c1-15(25-8-10-26(11-9-25)17-3-5-18(6-4-17)27(30)31)21(28)24-22(29)23-16-2-7-19-20(14-16)33-13-12-32-19/h2-7,14-15H,8-13H2,1H3,(H2,23,24,28,29). The zero-order valence-electron chi connectivity index (χ0n) is 18.2. The molecular formula is C22H25N5O6. The fraction of sp³-hybridized carbons (Fsp3) is 0.364. The lowest BCUT2D eigenvalue weighted by molar-refractivity contribution is -0.384. The first-order valence-corrected chi connectivity index (χ1v) is 10.7. The van der Waals surface area contributed by atoms with Crippen LogP contribution in [0, 0.1) is 10.1 Å². The van der Waals surface area contributed by atoms with Crippen LogP contribution in [0.2, 0.25) is 0 Å². The molecule has 0 aromatic heterocycles. The molecule has 0 saturated carbocycles. The minimum atomic E-state index is -0.618. The minimum absolute atomic E-state index is 0.0530. The second-order valence-electron chi connectivity index (χ2n) is 7.77. The molecule has 2 heterocycles. The van der Waals surface area contributed by atoms with Crippen LogP contribution in [0.15, 0.2) is 42.5 Å². The van der Waals surface area contributed by atoms with Gasteiger partial charge >= 0.3 is 6.03 Å². The molecule has 2 aromatic rings. The van der Waals surface area contributed by atoms with Crippen molar-refractivity contribution < 1.29 is 24.0 Å². The van der Waals surface area contributed by atoms with Gasteiger partial charge in [-0.2, -0.15) is 0 Å². The molecule has 2 aliphatic heterocycles. The number of nitrogens with one attached hydrogen (secondary N) is 2. The third kappa shape index (κ3) is 5.32. The van der Waals surface area contributed by atoms with Crippen LogP contribution in [0.5, 0.6) is 11.5 Å². The van der Waals surface area contributed by atoms with E-state index >= 15 is 0 Å². The molecule has 1 unspecified atom stereocenters. The SMILES string of the molecule is CC(C(=O)NC(=O)Nc1ccc2c(c1)OCCO2)N1CCN(c2ccc([N+](=O)[O-])cc2)CC1. The zero-order valence-corrected chi connectivity index (χ0v) is 18.2. The Morgan fingerprint density at radius 1 is 1.00 bits per heavy atom. The monoisotopic (exact) mass is 455 g/mol. The van der Waals surface area contributed by atoms with Gasteiger partial charge in [-0.3, -0.25) is 25.1 Å². The highest BCUT2D eigenvalue weighted by molar-refractivity contribution is 6.02. The van der Waals surface area contributed by atoms with Gasteiger partial charge < -0.3 is 19.7 Å². The predicted octanol–water partition coefficient (Wildman–Crippen LogP) is 2.22. The van der Waals surface area contributed by atoms with Crippen molar-refractivity contribution in [3.63, 3.8) is 0 Å². The van der Waals surface area contributed by atoms with Gasteiger partial charge in [-0.15, -0.1) is 0 Å². The van der Waals surface area contributed by atoms with E-state index in [1.165, 1.54) is 12.1 Å². The van der Waals surface area contributed by atoms with Crippen molar-refractivity contribution in [2.75, 3.05) is 49.6 Å². The molecule has 2 aromatic carbocycles. The first kappa shape index (κ1) is 22.3. The second kappa shape index (κ2) is 9.74. The predicted molar refractivity (Wildman–Crippen MR) is 121 cm³/mol. The van der Waals surface area contributed by atoms with Crippen molar-refractivity contribution >= 4 is 29.0 Å². The second-order valence-corrected chi connectivity index (χ2v) is 7.77. The molecule has 1 saturated heterocycles. The van der Waals surface area contributed by atoms with Crippen LogP contribution in [0.4, 0.5) is 21.9 Å². The fourth-order valence-corrected chi connectivity index (χ4v) is 3.82. The average molecular weight is 455 g/mol. The summed E-state index contributed by atoms with van der Waals surface area (Å²) in [4.78, 5) is 39.4. The summed E-state index contributed by atoms with van der Waals surface area (Å²) in [7, 11) is 0. The molecule has 2 N–H and O–H groups in total. The zero-order chi connectivity index (χ0) is 23.4. The smallest absolute Gasteiger partial charge is 0.325 e. The first-order chi connectivity index (χ1) is 15.9. The molecule has 33 heavy (non-hydrogen) atoms. The van der Waals surface area contributed by atoms with Gasteiger partial charge in [0.2, 0.25) is 5.91 Å². The van der Waals surface area contributed by atoms with Gasteiger partial charge in [-0.25, -0.2) is 4.79 Å². The van der Waals surface area contributed by atoms with E-state index < -0.39 is 22.9 Å². The molecule has 1 fully saturated rings. The number of benzene rings is 2. The Morgan fingerprint density at radius 3 is 2.33 bits per heavy atom. The van der Waals surface area contributed by atoms with Gasteiger partial charge in [0.15, 0.2) is 11.5 Å². The third-order valence-electron chi connectivity index (χ3n) is 5.70. The third-order valence-corrected chi connectivity index (χ3v) is 5.70. The number of imide groups is 1. The summed E-state index contributed by atoms with van der Waals surface area (Å²) in [5, 5.41) is 15.8. The van der Waals surface area contributed by atoms with Crippen molar-refractivity contribution in [1.29, 1.82) is 0 Å². The quantitative estimate of drug-likeness (QED) is 0.519. The van der Waals surface area contributed by atoms with Crippen molar-refractivity contribution in [3.05, 3.63) is 52.6 Å². The van der Waals surface area contributed by atoms with E-state index in [1.54, 1.807) is 37.3 Å². The summed E-state index contributed by atoms with van der Waals surface area (Å²) in [5.74, 6) is 0.767. The van der Waals surface area contributed by atoms with Gasteiger partial charge in [0.1, 0.15) is 13.2 Å². The Morgan fingerprint density at radius 2 is 1.67 bits per heavy atom. The Labute approximate surface area is 190 Å². The number of carbonyl (C=O) groups is 2. The maximum Gasteiger partial charge on any atom is 0.325 e. The molecule has 1 atom stereocenters. The number of hydrogen-bond acceptors (Lipinski definition) is 8. The molecule has 0 bridgehead atoms. The van der Waals surface area contributed by atoms with Crippen molar-refractivity contribution in [1.82, 2.24) is 10.2 Å². The number of carbonyl (C=O) groups excluding carboxylic acids is 2. The molecule has 2 aliphatic rings. The molecule has 0 aliphatic carbocycles. The molecule has 11 heteroatoms. The Balaban J connectivity index is 1.26. The lowest BCUT2D eigenvalue weighted by atomic mass is 10.2. The first-order valence-electron chi connectivity index (χ1n) is 10.7. The van der Waals surface area contributed by atoms with Gasteiger partial charge in [0.05, 0.1) is 11.0 Å². The lowest BCUT2D eigenvalue weighted by Gasteiger charge is -2.38. The van der Waals surface area contributed by atoms with Crippen LogP contribution in [0.25, 0.3) is 0 Å². The number of nitrogens with zero attached hydrogens (tertiary/aromatic N) is 3. The van der Waals surface area contributed by atoms with E-state index in [9.17, 15) is 19.7 Å². The number of ether oxygens (including phenoxy) is 2. The van der Waals surface area contributed by atoms with E-state index in [1.807, 2.05) is 4.90 Å². The minimum Gasteiger partial charge on any atom is -0.486 e. The molecule has 3 amide bonds. The largest absolute Gasteiger partial charge is 0.486 e. The van der Waals surface area contributed by atoms with E-state index in [2.05, 4.69) is 15.5 Å². The highest BCUT2D eigenvalue weighted by Gasteiger charge is 2.27. The maximum absolute atomic E-state index is 12.6. The summed E-state index contributed by atoms with van der Waals surface area (Å²) in [5.41, 5.74) is 1.45. The molecular weight excluding hydrogens is 430 g/mol. The number of anilines is 2. The topological polar surface area (TPSA) is 126 Å². The number of fused-ring (bicyclic) bond motifs is 1. The van der Waals surface area contributed by atoms with Crippen LogP contribution >= 0.6 is 0 Å².